The highest BCUT2D eigenvalue weighted by Gasteiger charge is 2.10. The predicted octanol–water partition coefficient (Wildman–Crippen LogP) is 2.23. The monoisotopic (exact) mass is 221 g/mol. The summed E-state index contributed by atoms with van der Waals surface area (Å²) in [5, 5.41) is 6.72. The fourth-order valence-corrected chi connectivity index (χ4v) is 1.67. The molecular formula is C13H23N3. The molecule has 0 aromatic heterocycles. The third kappa shape index (κ3) is 5.01. The zero-order valence-electron chi connectivity index (χ0n) is 10.4. The molecule has 0 amide bonds. The van der Waals surface area contributed by atoms with Crippen LogP contribution in [0.1, 0.15) is 33.1 Å². The Labute approximate surface area is 98.7 Å². The van der Waals surface area contributed by atoms with Gasteiger partial charge in [0.2, 0.25) is 0 Å². The van der Waals surface area contributed by atoms with Crippen molar-refractivity contribution in [1.82, 2.24) is 10.6 Å². The summed E-state index contributed by atoms with van der Waals surface area (Å²) in [6.07, 6.45) is 11.9. The molecule has 0 saturated carbocycles. The van der Waals surface area contributed by atoms with Gasteiger partial charge in [-0.2, -0.15) is 0 Å². The van der Waals surface area contributed by atoms with Crippen LogP contribution in [0.5, 0.6) is 0 Å². The number of hydrogen-bond acceptors (Lipinski definition) is 1. The lowest BCUT2D eigenvalue weighted by molar-refractivity contribution is 0.633. The second-order valence-corrected chi connectivity index (χ2v) is 3.90. The Morgan fingerprint density at radius 3 is 2.81 bits per heavy atom. The minimum absolute atomic E-state index is 0.527. The molecule has 0 aromatic carbocycles. The molecule has 0 aliphatic heterocycles. The van der Waals surface area contributed by atoms with Gasteiger partial charge < -0.3 is 10.6 Å². The Kier molecular flexibility index (Phi) is 6.38. The molecule has 0 saturated heterocycles. The maximum absolute atomic E-state index is 4.53. The average Bonchev–Trinajstić information content (AvgIpc) is 2.77. The Morgan fingerprint density at radius 1 is 1.44 bits per heavy atom. The van der Waals surface area contributed by atoms with Crippen LogP contribution < -0.4 is 10.6 Å². The highest BCUT2D eigenvalue weighted by molar-refractivity contribution is 5.80. The van der Waals surface area contributed by atoms with E-state index in [4.69, 9.17) is 0 Å². The van der Waals surface area contributed by atoms with Crippen molar-refractivity contribution in [1.29, 1.82) is 0 Å². The molecule has 0 spiro atoms. The van der Waals surface area contributed by atoms with Gasteiger partial charge in [0.25, 0.3) is 0 Å². The lowest BCUT2D eigenvalue weighted by atomic mass is 10.2. The zero-order valence-corrected chi connectivity index (χ0v) is 10.4. The van der Waals surface area contributed by atoms with Crippen molar-refractivity contribution in [3.63, 3.8) is 0 Å². The van der Waals surface area contributed by atoms with Crippen LogP contribution in [0.15, 0.2) is 29.3 Å². The van der Waals surface area contributed by atoms with E-state index in [1.165, 1.54) is 0 Å². The predicted molar refractivity (Wildman–Crippen MR) is 70.7 cm³/mol. The van der Waals surface area contributed by atoms with Crippen LogP contribution in [-0.2, 0) is 0 Å². The molecule has 0 radical (unpaired) electrons. The third-order valence-corrected chi connectivity index (χ3v) is 2.49. The molecule has 1 aliphatic carbocycles. The van der Waals surface area contributed by atoms with Gasteiger partial charge in [0, 0.05) is 19.1 Å². The first-order valence-corrected chi connectivity index (χ1v) is 6.17. The number of nitrogens with one attached hydrogen (secondary N) is 2. The molecule has 0 aromatic rings. The van der Waals surface area contributed by atoms with E-state index in [0.717, 1.165) is 38.3 Å². The third-order valence-electron chi connectivity index (χ3n) is 2.49. The molecular weight excluding hydrogens is 198 g/mol. The summed E-state index contributed by atoms with van der Waals surface area (Å²) in [5.41, 5.74) is 0. The zero-order chi connectivity index (χ0) is 11.6. The van der Waals surface area contributed by atoms with E-state index >= 15 is 0 Å². The fourth-order valence-electron chi connectivity index (χ4n) is 1.67. The highest BCUT2D eigenvalue weighted by atomic mass is 15.2. The Bertz CT molecular complexity index is 258. The molecule has 1 rings (SSSR count). The maximum Gasteiger partial charge on any atom is 0.191 e. The summed E-state index contributed by atoms with van der Waals surface area (Å²) < 4.78 is 0. The normalized spacial score (nSPS) is 17.2. The van der Waals surface area contributed by atoms with Gasteiger partial charge in [-0.25, -0.2) is 0 Å². The lowest BCUT2D eigenvalue weighted by Gasteiger charge is -2.16. The van der Waals surface area contributed by atoms with Crippen molar-refractivity contribution < 1.29 is 0 Å². The average molecular weight is 221 g/mol. The van der Waals surface area contributed by atoms with Gasteiger partial charge >= 0.3 is 0 Å². The Hall–Kier alpha value is -1.25. The van der Waals surface area contributed by atoms with Gasteiger partial charge in [0.1, 0.15) is 0 Å². The fraction of sp³-hybridized carbons (Fsp3) is 0.615. The quantitative estimate of drug-likeness (QED) is 0.323. The number of nitrogens with zero attached hydrogens (tertiary/aromatic N) is 1. The summed E-state index contributed by atoms with van der Waals surface area (Å²) in [6.45, 7) is 5.89. The van der Waals surface area contributed by atoms with Crippen LogP contribution in [-0.4, -0.2) is 25.1 Å². The molecule has 3 heteroatoms. The topological polar surface area (TPSA) is 36.4 Å². The molecule has 0 fully saturated rings. The van der Waals surface area contributed by atoms with Crippen LogP contribution in [0.25, 0.3) is 0 Å². The van der Waals surface area contributed by atoms with E-state index in [0.29, 0.717) is 6.04 Å². The van der Waals surface area contributed by atoms with Gasteiger partial charge in [0.05, 0.1) is 0 Å². The summed E-state index contributed by atoms with van der Waals surface area (Å²) in [6, 6.07) is 0.527. The molecule has 90 valence electrons. The minimum atomic E-state index is 0.527. The Morgan fingerprint density at radius 2 is 2.19 bits per heavy atom. The first-order valence-electron chi connectivity index (χ1n) is 6.17. The molecule has 3 nitrogen and oxygen atoms in total. The van der Waals surface area contributed by atoms with E-state index in [9.17, 15) is 0 Å². The molecule has 0 bridgehead atoms. The number of rotatable bonds is 5. The van der Waals surface area contributed by atoms with Crippen LogP contribution >= 0.6 is 0 Å². The largest absolute Gasteiger partial charge is 0.357 e. The van der Waals surface area contributed by atoms with E-state index in [1.807, 2.05) is 6.92 Å². The number of aliphatic imine (C=N–C) groups is 1. The van der Waals surface area contributed by atoms with Crippen molar-refractivity contribution in [2.24, 2.45) is 4.99 Å². The standard InChI is InChI=1S/C13H23N3/c1-3-5-8-11-15-13(14-4-2)16-12-9-6-7-10-12/h3,5-7,12H,4,8-11H2,1-2H3,(H2,14,15,16)/b5-3+. The van der Waals surface area contributed by atoms with Crippen LogP contribution in [0.4, 0.5) is 0 Å². The molecule has 2 N–H and O–H groups in total. The SMILES string of the molecule is C/C=C/CCN=C(NCC)NC1CC=CC1. The summed E-state index contributed by atoms with van der Waals surface area (Å²) >= 11 is 0. The van der Waals surface area contributed by atoms with Gasteiger partial charge in [-0.3, -0.25) is 4.99 Å². The first-order chi connectivity index (χ1) is 7.86. The number of hydrogen-bond donors (Lipinski definition) is 2. The van der Waals surface area contributed by atoms with Crippen molar-refractivity contribution in [2.45, 2.75) is 39.2 Å². The molecule has 16 heavy (non-hydrogen) atoms. The van der Waals surface area contributed by atoms with E-state index < -0.39 is 0 Å². The first kappa shape index (κ1) is 12.8. The minimum Gasteiger partial charge on any atom is -0.357 e. The molecule has 0 heterocycles. The van der Waals surface area contributed by atoms with E-state index in [1.54, 1.807) is 0 Å². The molecule has 0 atom stereocenters. The van der Waals surface area contributed by atoms with Crippen LogP contribution in [0.2, 0.25) is 0 Å². The molecule has 0 unspecified atom stereocenters. The second-order valence-electron chi connectivity index (χ2n) is 3.90. The van der Waals surface area contributed by atoms with Crippen molar-refractivity contribution in [3.05, 3.63) is 24.3 Å². The lowest BCUT2D eigenvalue weighted by Crippen LogP contribution is -2.42. The summed E-state index contributed by atoms with van der Waals surface area (Å²) in [7, 11) is 0. The van der Waals surface area contributed by atoms with Gasteiger partial charge in [0.15, 0.2) is 5.96 Å². The smallest absolute Gasteiger partial charge is 0.191 e. The van der Waals surface area contributed by atoms with Gasteiger partial charge in [-0.1, -0.05) is 24.3 Å². The summed E-state index contributed by atoms with van der Waals surface area (Å²) in [5.74, 6) is 0.945. The Balaban J connectivity index is 2.33. The van der Waals surface area contributed by atoms with Crippen molar-refractivity contribution in [2.75, 3.05) is 13.1 Å². The number of guanidine groups is 1. The summed E-state index contributed by atoms with van der Waals surface area (Å²) in [4.78, 5) is 4.53. The van der Waals surface area contributed by atoms with Crippen molar-refractivity contribution >= 4 is 5.96 Å². The number of allylic oxidation sites excluding steroid dienone is 1. The highest BCUT2D eigenvalue weighted by Crippen LogP contribution is 2.08. The van der Waals surface area contributed by atoms with E-state index in [2.05, 4.69) is 46.9 Å². The van der Waals surface area contributed by atoms with Crippen LogP contribution in [0, 0.1) is 0 Å². The second kappa shape index (κ2) is 7.97. The van der Waals surface area contributed by atoms with Gasteiger partial charge in [-0.05, 0) is 33.1 Å². The molecule has 1 aliphatic rings. The van der Waals surface area contributed by atoms with Crippen LogP contribution in [0.3, 0.4) is 0 Å². The maximum atomic E-state index is 4.53. The van der Waals surface area contributed by atoms with Gasteiger partial charge in [-0.15, -0.1) is 0 Å². The van der Waals surface area contributed by atoms with E-state index in [-0.39, 0.29) is 0 Å². The van der Waals surface area contributed by atoms with Crippen molar-refractivity contribution in [3.8, 4) is 0 Å².